The maximum atomic E-state index is 11.7. The molecule has 0 spiro atoms. The number of hydrogen-bond acceptors (Lipinski definition) is 3. The summed E-state index contributed by atoms with van der Waals surface area (Å²) in [6.45, 7) is 8.15. The van der Waals surface area contributed by atoms with Gasteiger partial charge in [0, 0.05) is 21.9 Å². The first kappa shape index (κ1) is 12.0. The molecule has 0 aliphatic heterocycles. The zero-order valence-electron chi connectivity index (χ0n) is 10.5. The smallest absolute Gasteiger partial charge is 0.251 e. The highest BCUT2D eigenvalue weighted by Gasteiger charge is 2.18. The zero-order valence-corrected chi connectivity index (χ0v) is 11.3. The molecule has 2 rings (SSSR count). The lowest BCUT2D eigenvalue weighted by Gasteiger charge is -2.17. The molecule has 0 saturated heterocycles. The van der Waals surface area contributed by atoms with E-state index in [2.05, 4.69) is 9.97 Å². The average Bonchev–Trinajstić information content (AvgIpc) is 2.62. The van der Waals surface area contributed by atoms with Crippen LogP contribution in [0, 0.1) is 6.92 Å². The van der Waals surface area contributed by atoms with Crippen LogP contribution in [0.5, 0.6) is 0 Å². The lowest BCUT2D eigenvalue weighted by Crippen LogP contribution is -2.21. The second-order valence-electron chi connectivity index (χ2n) is 5.12. The number of nitrogens with one attached hydrogen (secondary N) is 1. The standard InChI is InChI=1S/C13H16N2OS/c1-8-9(5-6-17-8)10-7-11(16)15-12(14-10)13(2,3)4/h5-7H,1-4H3,(H,14,15,16). The van der Waals surface area contributed by atoms with E-state index in [1.165, 1.54) is 4.88 Å². The summed E-state index contributed by atoms with van der Waals surface area (Å²) in [6, 6.07) is 3.57. The Morgan fingerprint density at radius 2 is 2.06 bits per heavy atom. The minimum atomic E-state index is -0.154. The molecule has 0 aliphatic rings. The van der Waals surface area contributed by atoms with Crippen LogP contribution in [0.3, 0.4) is 0 Å². The van der Waals surface area contributed by atoms with E-state index >= 15 is 0 Å². The Hall–Kier alpha value is -1.42. The quantitative estimate of drug-likeness (QED) is 0.843. The van der Waals surface area contributed by atoms with E-state index in [0.717, 1.165) is 17.1 Å². The molecule has 0 bridgehead atoms. The molecule has 0 radical (unpaired) electrons. The summed E-state index contributed by atoms with van der Waals surface area (Å²) in [7, 11) is 0. The van der Waals surface area contributed by atoms with Crippen molar-refractivity contribution in [2.24, 2.45) is 0 Å². The second-order valence-corrected chi connectivity index (χ2v) is 6.24. The normalized spacial score (nSPS) is 11.8. The molecule has 4 heteroatoms. The Balaban J connectivity index is 2.61. The summed E-state index contributed by atoms with van der Waals surface area (Å²) in [4.78, 5) is 20.2. The van der Waals surface area contributed by atoms with Crippen molar-refractivity contribution in [3.8, 4) is 11.3 Å². The molecule has 3 nitrogen and oxygen atoms in total. The van der Waals surface area contributed by atoms with Crippen LogP contribution in [0.25, 0.3) is 11.3 Å². The van der Waals surface area contributed by atoms with Crippen LogP contribution in [0.15, 0.2) is 22.3 Å². The third kappa shape index (κ3) is 2.47. The van der Waals surface area contributed by atoms with Gasteiger partial charge in [0.05, 0.1) is 5.69 Å². The average molecular weight is 248 g/mol. The van der Waals surface area contributed by atoms with Crippen molar-refractivity contribution in [3.05, 3.63) is 38.6 Å². The number of rotatable bonds is 1. The first-order valence-corrected chi connectivity index (χ1v) is 6.42. The van der Waals surface area contributed by atoms with Gasteiger partial charge in [-0.1, -0.05) is 20.8 Å². The highest BCUT2D eigenvalue weighted by molar-refractivity contribution is 7.10. The molecule has 0 aromatic carbocycles. The molecule has 1 N–H and O–H groups in total. The zero-order chi connectivity index (χ0) is 12.6. The molecule has 2 aromatic rings. The van der Waals surface area contributed by atoms with Crippen LogP contribution in [-0.2, 0) is 5.41 Å². The number of hydrogen-bond donors (Lipinski definition) is 1. The predicted molar refractivity (Wildman–Crippen MR) is 71.6 cm³/mol. The number of aromatic nitrogens is 2. The first-order valence-electron chi connectivity index (χ1n) is 5.54. The SMILES string of the molecule is Cc1sccc1-c1cc(=O)[nH]c(C(C)(C)C)n1. The second kappa shape index (κ2) is 4.11. The molecular weight excluding hydrogens is 232 g/mol. The van der Waals surface area contributed by atoms with Gasteiger partial charge >= 0.3 is 0 Å². The maximum Gasteiger partial charge on any atom is 0.251 e. The molecular formula is C13H16N2OS. The molecule has 0 fully saturated rings. The molecule has 0 saturated carbocycles. The van der Waals surface area contributed by atoms with Crippen molar-refractivity contribution in [2.45, 2.75) is 33.1 Å². The minimum Gasteiger partial charge on any atom is -0.310 e. The van der Waals surface area contributed by atoms with E-state index in [9.17, 15) is 4.79 Å². The van der Waals surface area contributed by atoms with Crippen LogP contribution in [0.1, 0.15) is 31.5 Å². The van der Waals surface area contributed by atoms with E-state index in [0.29, 0.717) is 0 Å². The van der Waals surface area contributed by atoms with Crippen molar-refractivity contribution < 1.29 is 0 Å². The van der Waals surface area contributed by atoms with Gasteiger partial charge in [-0.05, 0) is 18.4 Å². The van der Waals surface area contributed by atoms with Crippen LogP contribution in [0.4, 0.5) is 0 Å². The molecule has 0 amide bonds. The molecule has 90 valence electrons. The van der Waals surface area contributed by atoms with Gasteiger partial charge in [-0.2, -0.15) is 0 Å². The van der Waals surface area contributed by atoms with Crippen molar-refractivity contribution in [2.75, 3.05) is 0 Å². The van der Waals surface area contributed by atoms with Gasteiger partial charge in [0.25, 0.3) is 5.56 Å². The Morgan fingerprint density at radius 1 is 1.35 bits per heavy atom. The highest BCUT2D eigenvalue weighted by atomic mass is 32.1. The van der Waals surface area contributed by atoms with Gasteiger partial charge in [-0.25, -0.2) is 4.98 Å². The number of H-pyrrole nitrogens is 1. The largest absolute Gasteiger partial charge is 0.310 e. The van der Waals surface area contributed by atoms with Crippen molar-refractivity contribution in [1.29, 1.82) is 0 Å². The van der Waals surface area contributed by atoms with E-state index in [1.807, 2.05) is 39.1 Å². The summed E-state index contributed by atoms with van der Waals surface area (Å²) < 4.78 is 0. The van der Waals surface area contributed by atoms with E-state index in [-0.39, 0.29) is 11.0 Å². The summed E-state index contributed by atoms with van der Waals surface area (Å²) in [5.41, 5.74) is 1.56. The third-order valence-electron chi connectivity index (χ3n) is 2.59. The molecule has 0 aliphatic carbocycles. The van der Waals surface area contributed by atoms with Crippen molar-refractivity contribution >= 4 is 11.3 Å². The van der Waals surface area contributed by atoms with Gasteiger partial charge in [0.1, 0.15) is 5.82 Å². The molecule has 0 atom stereocenters. The number of aromatic amines is 1. The molecule has 2 heterocycles. The first-order chi connectivity index (χ1) is 7.88. The van der Waals surface area contributed by atoms with Gasteiger partial charge in [-0.15, -0.1) is 11.3 Å². The maximum absolute atomic E-state index is 11.7. The fraction of sp³-hybridized carbons (Fsp3) is 0.385. The monoisotopic (exact) mass is 248 g/mol. The van der Waals surface area contributed by atoms with Crippen LogP contribution < -0.4 is 5.56 Å². The Bertz CT molecular complexity index is 590. The van der Waals surface area contributed by atoms with Crippen molar-refractivity contribution in [1.82, 2.24) is 9.97 Å². The Kier molecular flexibility index (Phi) is 2.91. The minimum absolute atomic E-state index is 0.0921. The molecule has 0 unspecified atom stereocenters. The summed E-state index contributed by atoms with van der Waals surface area (Å²) in [5, 5.41) is 2.02. The van der Waals surface area contributed by atoms with Crippen LogP contribution in [-0.4, -0.2) is 9.97 Å². The fourth-order valence-corrected chi connectivity index (χ4v) is 2.31. The third-order valence-corrected chi connectivity index (χ3v) is 3.43. The van der Waals surface area contributed by atoms with Gasteiger partial charge in [-0.3, -0.25) is 4.79 Å². The van der Waals surface area contributed by atoms with E-state index < -0.39 is 0 Å². The Morgan fingerprint density at radius 3 is 2.59 bits per heavy atom. The predicted octanol–water partition coefficient (Wildman–Crippen LogP) is 3.10. The van der Waals surface area contributed by atoms with Crippen LogP contribution in [0.2, 0.25) is 0 Å². The topological polar surface area (TPSA) is 45.8 Å². The molecule has 17 heavy (non-hydrogen) atoms. The fourth-order valence-electron chi connectivity index (χ4n) is 1.60. The number of nitrogens with zero attached hydrogens (tertiary/aromatic N) is 1. The van der Waals surface area contributed by atoms with Crippen LogP contribution >= 0.6 is 11.3 Å². The number of thiophene rings is 1. The Labute approximate surface area is 105 Å². The highest BCUT2D eigenvalue weighted by Crippen LogP contribution is 2.26. The summed E-state index contributed by atoms with van der Waals surface area (Å²) in [6.07, 6.45) is 0. The lowest BCUT2D eigenvalue weighted by atomic mass is 9.95. The van der Waals surface area contributed by atoms with Gasteiger partial charge in [0.2, 0.25) is 0 Å². The number of aryl methyl sites for hydroxylation is 1. The van der Waals surface area contributed by atoms with Gasteiger partial charge < -0.3 is 4.98 Å². The lowest BCUT2D eigenvalue weighted by molar-refractivity contribution is 0.543. The van der Waals surface area contributed by atoms with E-state index in [1.54, 1.807) is 17.4 Å². The van der Waals surface area contributed by atoms with E-state index in [4.69, 9.17) is 0 Å². The van der Waals surface area contributed by atoms with Gasteiger partial charge in [0.15, 0.2) is 0 Å². The summed E-state index contributed by atoms with van der Waals surface area (Å²) >= 11 is 1.67. The van der Waals surface area contributed by atoms with Crippen molar-refractivity contribution in [3.63, 3.8) is 0 Å². The summed E-state index contributed by atoms with van der Waals surface area (Å²) in [5.74, 6) is 0.727. The molecule has 2 aromatic heterocycles.